The summed E-state index contributed by atoms with van der Waals surface area (Å²) in [6, 6.07) is 20.5. The second kappa shape index (κ2) is 11.5. The number of carbonyl (C=O) groups is 2. The zero-order chi connectivity index (χ0) is 27.4. The Labute approximate surface area is 225 Å². The highest BCUT2D eigenvalue weighted by Gasteiger charge is 2.23. The van der Waals surface area contributed by atoms with E-state index in [0.717, 1.165) is 11.1 Å². The van der Waals surface area contributed by atoms with Crippen LogP contribution in [0.3, 0.4) is 0 Å². The fourth-order valence-corrected chi connectivity index (χ4v) is 4.08. The zero-order valence-corrected chi connectivity index (χ0v) is 23.3. The van der Waals surface area contributed by atoms with Crippen molar-refractivity contribution in [1.82, 2.24) is 5.32 Å². The van der Waals surface area contributed by atoms with Crippen LogP contribution in [0.2, 0.25) is 5.02 Å². The maximum absolute atomic E-state index is 13.5. The molecule has 2 N–H and O–H groups in total. The third kappa shape index (κ3) is 7.91. The molecular weight excluding hydrogens is 484 g/mol. The Morgan fingerprint density at radius 2 is 1.35 bits per heavy atom. The minimum Gasteiger partial charge on any atom is -0.478 e. The van der Waals surface area contributed by atoms with Crippen molar-refractivity contribution in [2.24, 2.45) is 0 Å². The van der Waals surface area contributed by atoms with E-state index in [0.29, 0.717) is 23.8 Å². The van der Waals surface area contributed by atoms with E-state index in [4.69, 9.17) is 11.6 Å². The van der Waals surface area contributed by atoms with Crippen LogP contribution in [0.25, 0.3) is 0 Å². The van der Waals surface area contributed by atoms with Gasteiger partial charge in [-0.05, 0) is 69.5 Å². The van der Waals surface area contributed by atoms with E-state index in [9.17, 15) is 14.7 Å². The van der Waals surface area contributed by atoms with Gasteiger partial charge < -0.3 is 15.3 Å². The lowest BCUT2D eigenvalue weighted by Crippen LogP contribution is -2.38. The Morgan fingerprint density at radius 3 is 1.84 bits per heavy atom. The van der Waals surface area contributed by atoms with Gasteiger partial charge in [-0.1, -0.05) is 83.5 Å². The fraction of sp³-hybridized carbons (Fsp3) is 0.355. The van der Waals surface area contributed by atoms with Crippen LogP contribution in [0.15, 0.2) is 66.7 Å². The second-order valence-corrected chi connectivity index (χ2v) is 11.9. The van der Waals surface area contributed by atoms with Crippen LogP contribution in [0.1, 0.15) is 74.2 Å². The monoisotopic (exact) mass is 520 g/mol. The number of carboxylic acid groups (broad SMARTS) is 1. The number of aromatic carboxylic acids is 1. The Morgan fingerprint density at radius 1 is 0.811 bits per heavy atom. The van der Waals surface area contributed by atoms with Crippen molar-refractivity contribution in [3.8, 4) is 0 Å². The maximum atomic E-state index is 13.5. The molecule has 3 aromatic carbocycles. The van der Waals surface area contributed by atoms with Gasteiger partial charge in [0.05, 0.1) is 18.7 Å². The third-order valence-electron chi connectivity index (χ3n) is 6.31. The molecule has 196 valence electrons. The molecule has 1 amide bonds. The molecular formula is C31H37ClN2O3. The number of halogens is 1. The lowest BCUT2D eigenvalue weighted by atomic mass is 9.79. The average Bonchev–Trinajstić information content (AvgIpc) is 2.82. The Kier molecular flexibility index (Phi) is 8.83. The number of benzene rings is 3. The number of hydrogen-bond acceptors (Lipinski definition) is 3. The highest BCUT2D eigenvalue weighted by Crippen LogP contribution is 2.31. The van der Waals surface area contributed by atoms with E-state index in [1.54, 1.807) is 17.0 Å². The van der Waals surface area contributed by atoms with Crippen molar-refractivity contribution >= 4 is 29.2 Å². The SMILES string of the molecule is CC(C)(C)c1cc(CN(C(=O)CNCc2ccc(Cl)cc2)c2ccc(C(=O)O)cc2)cc(C(C)(C)C)c1. The zero-order valence-electron chi connectivity index (χ0n) is 22.6. The molecule has 3 rings (SSSR count). The normalized spacial score (nSPS) is 11.9. The summed E-state index contributed by atoms with van der Waals surface area (Å²) in [5, 5.41) is 13.2. The quantitative estimate of drug-likeness (QED) is 0.337. The van der Waals surface area contributed by atoms with Gasteiger partial charge in [0.15, 0.2) is 0 Å². The number of amides is 1. The summed E-state index contributed by atoms with van der Waals surface area (Å²) in [5.41, 5.74) is 5.23. The molecule has 3 aromatic rings. The molecule has 0 radical (unpaired) electrons. The largest absolute Gasteiger partial charge is 0.478 e. The minimum atomic E-state index is -0.998. The molecule has 0 unspecified atom stereocenters. The highest BCUT2D eigenvalue weighted by atomic mass is 35.5. The molecule has 0 saturated heterocycles. The van der Waals surface area contributed by atoms with Gasteiger partial charge in [-0.3, -0.25) is 4.79 Å². The van der Waals surface area contributed by atoms with Crippen molar-refractivity contribution in [2.45, 2.75) is 65.5 Å². The van der Waals surface area contributed by atoms with Crippen molar-refractivity contribution in [3.63, 3.8) is 0 Å². The lowest BCUT2D eigenvalue weighted by Gasteiger charge is -2.28. The Balaban J connectivity index is 1.91. The first-order valence-corrected chi connectivity index (χ1v) is 12.9. The number of rotatable bonds is 8. The van der Waals surface area contributed by atoms with E-state index < -0.39 is 5.97 Å². The molecule has 0 bridgehead atoms. The van der Waals surface area contributed by atoms with Crippen LogP contribution in [0, 0.1) is 0 Å². The van der Waals surface area contributed by atoms with Gasteiger partial charge in [0.1, 0.15) is 0 Å². The average molecular weight is 521 g/mol. The van der Waals surface area contributed by atoms with Gasteiger partial charge in [-0.25, -0.2) is 4.79 Å². The van der Waals surface area contributed by atoms with Crippen LogP contribution >= 0.6 is 11.6 Å². The number of nitrogens with zero attached hydrogens (tertiary/aromatic N) is 1. The van der Waals surface area contributed by atoms with Gasteiger partial charge in [-0.15, -0.1) is 0 Å². The van der Waals surface area contributed by atoms with Gasteiger partial charge >= 0.3 is 5.97 Å². The number of anilines is 1. The van der Waals surface area contributed by atoms with E-state index in [2.05, 4.69) is 65.1 Å². The highest BCUT2D eigenvalue weighted by molar-refractivity contribution is 6.30. The fourth-order valence-electron chi connectivity index (χ4n) is 3.95. The lowest BCUT2D eigenvalue weighted by molar-refractivity contribution is -0.118. The topological polar surface area (TPSA) is 69.6 Å². The molecule has 0 atom stereocenters. The standard InChI is InChI=1S/C31H37ClN2O3/c1-30(2,3)24-15-22(16-25(17-24)31(4,5)6)20-34(27-13-9-23(10-14-27)29(36)37)28(35)19-33-18-21-7-11-26(32)12-8-21/h7-17,33H,18-20H2,1-6H3,(H,36,37). The first-order chi connectivity index (χ1) is 17.2. The van der Waals surface area contributed by atoms with Crippen LogP contribution < -0.4 is 10.2 Å². The summed E-state index contributed by atoms with van der Waals surface area (Å²) in [6.07, 6.45) is 0. The summed E-state index contributed by atoms with van der Waals surface area (Å²) in [5.74, 6) is -1.10. The minimum absolute atomic E-state index is 0.0475. The molecule has 5 nitrogen and oxygen atoms in total. The first-order valence-electron chi connectivity index (χ1n) is 12.5. The predicted octanol–water partition coefficient (Wildman–Crippen LogP) is 6.96. The second-order valence-electron chi connectivity index (χ2n) is 11.5. The molecule has 0 saturated carbocycles. The molecule has 0 fully saturated rings. The molecule has 0 aliphatic carbocycles. The summed E-state index contributed by atoms with van der Waals surface area (Å²) >= 11 is 5.97. The first kappa shape index (κ1) is 28.4. The number of nitrogens with one attached hydrogen (secondary N) is 1. The number of carbonyl (C=O) groups excluding carboxylic acids is 1. The van der Waals surface area contributed by atoms with Crippen molar-refractivity contribution in [2.75, 3.05) is 11.4 Å². The van der Waals surface area contributed by atoms with Crippen LogP contribution in [-0.4, -0.2) is 23.5 Å². The predicted molar refractivity (Wildman–Crippen MR) is 152 cm³/mol. The van der Waals surface area contributed by atoms with Gasteiger partial charge in [0, 0.05) is 17.3 Å². The number of hydrogen-bond donors (Lipinski definition) is 2. The van der Waals surface area contributed by atoms with Crippen molar-refractivity contribution in [3.05, 3.63) is 99.6 Å². The van der Waals surface area contributed by atoms with Crippen molar-refractivity contribution in [1.29, 1.82) is 0 Å². The smallest absolute Gasteiger partial charge is 0.335 e. The summed E-state index contributed by atoms with van der Waals surface area (Å²) in [7, 11) is 0. The summed E-state index contributed by atoms with van der Waals surface area (Å²) in [4.78, 5) is 26.6. The maximum Gasteiger partial charge on any atom is 0.335 e. The molecule has 0 aliphatic rings. The molecule has 0 heterocycles. The van der Waals surface area contributed by atoms with Crippen LogP contribution in [-0.2, 0) is 28.7 Å². The number of carboxylic acids is 1. The van der Waals surface area contributed by atoms with Crippen LogP contribution in [0.4, 0.5) is 5.69 Å². The van der Waals surface area contributed by atoms with Gasteiger partial charge in [0.25, 0.3) is 0 Å². The summed E-state index contributed by atoms with van der Waals surface area (Å²) in [6.45, 7) is 14.2. The van der Waals surface area contributed by atoms with E-state index in [1.165, 1.54) is 23.3 Å². The van der Waals surface area contributed by atoms with Crippen molar-refractivity contribution < 1.29 is 14.7 Å². The van der Waals surface area contributed by atoms with E-state index in [1.807, 2.05) is 24.3 Å². The van der Waals surface area contributed by atoms with E-state index in [-0.39, 0.29) is 28.8 Å². The molecule has 0 aliphatic heterocycles. The van der Waals surface area contributed by atoms with Gasteiger partial charge in [0.2, 0.25) is 5.91 Å². The van der Waals surface area contributed by atoms with Gasteiger partial charge in [-0.2, -0.15) is 0 Å². The molecule has 0 spiro atoms. The van der Waals surface area contributed by atoms with E-state index >= 15 is 0 Å². The van der Waals surface area contributed by atoms with Crippen LogP contribution in [0.5, 0.6) is 0 Å². The summed E-state index contributed by atoms with van der Waals surface area (Å²) < 4.78 is 0. The molecule has 0 aromatic heterocycles. The molecule has 6 heteroatoms. The Bertz CT molecular complexity index is 1210. The molecule has 37 heavy (non-hydrogen) atoms. The Hall–Kier alpha value is -3.15. The third-order valence-corrected chi connectivity index (χ3v) is 6.56.